The Balaban J connectivity index is 1.71. The molecule has 15 nitrogen and oxygen atoms in total. The molecule has 0 bridgehead atoms. The topological polar surface area (TPSA) is 223 Å². The number of aliphatic hydroxyl groups is 5. The van der Waals surface area contributed by atoms with Crippen LogP contribution < -0.4 is 32.0 Å². The first-order valence-corrected chi connectivity index (χ1v) is 10.8. The Morgan fingerprint density at radius 1 is 0.857 bits per heavy atom. The molecule has 4 rings (SSSR count). The van der Waals surface area contributed by atoms with Crippen LogP contribution in [0, 0.1) is 12.6 Å². The molecule has 2 fully saturated rings. The molecule has 35 heavy (non-hydrogen) atoms. The molecule has 0 spiro atoms. The summed E-state index contributed by atoms with van der Waals surface area (Å²) in [5.41, 5.74) is 10.2. The van der Waals surface area contributed by atoms with Crippen molar-refractivity contribution in [3.05, 3.63) is 52.2 Å². The number of rotatable bonds is 6. The standard InChI is InChI=1S/C20H28N6O9/c1-9-14(29)10(6-27)34-17(9)23-4-2-12(21)25(19(23)32)8-26-13(22)3-5-24(20(26)33)18-16(31)15(30)11(7-28)35-18/h2-5,9-11,14-18,27-31H,6-7,21-22H2,1H3/t9-,10-,11-,14+,15-,16-,17-,18-/m1/s1. The van der Waals surface area contributed by atoms with Crippen LogP contribution in [0.4, 0.5) is 11.6 Å². The fourth-order valence-electron chi connectivity index (χ4n) is 4.20. The molecule has 4 heterocycles. The van der Waals surface area contributed by atoms with Gasteiger partial charge in [0.2, 0.25) is 0 Å². The normalized spacial score (nSPS) is 32.7. The third-order valence-corrected chi connectivity index (χ3v) is 6.28. The smallest absolute Gasteiger partial charge is 0.373 e. The highest BCUT2D eigenvalue weighted by Gasteiger charge is 2.44. The second kappa shape index (κ2) is 9.54. The van der Waals surface area contributed by atoms with E-state index in [0.29, 0.717) is 0 Å². The van der Waals surface area contributed by atoms with Crippen LogP contribution in [-0.2, 0) is 9.47 Å². The lowest BCUT2D eigenvalue weighted by molar-refractivity contribution is -0.828. The summed E-state index contributed by atoms with van der Waals surface area (Å²) in [5.74, 6) is -0.799. The molecule has 0 aliphatic carbocycles. The highest BCUT2D eigenvalue weighted by molar-refractivity contribution is 5.19. The van der Waals surface area contributed by atoms with E-state index in [9.17, 15) is 35.1 Å². The van der Waals surface area contributed by atoms with Crippen LogP contribution in [0.1, 0.15) is 19.4 Å². The lowest BCUT2D eigenvalue weighted by Crippen LogP contribution is -2.68. The summed E-state index contributed by atoms with van der Waals surface area (Å²) >= 11 is 0. The largest absolute Gasteiger partial charge is 0.428 e. The first-order chi connectivity index (χ1) is 16.6. The summed E-state index contributed by atoms with van der Waals surface area (Å²) in [6.45, 7) is 3.13. The van der Waals surface area contributed by atoms with Crippen molar-refractivity contribution in [3.63, 3.8) is 0 Å². The summed E-state index contributed by atoms with van der Waals surface area (Å²) in [6, 6.07) is 2.64. The van der Waals surface area contributed by atoms with Gasteiger partial charge in [-0.15, -0.1) is 0 Å². The lowest BCUT2D eigenvalue weighted by atomic mass is 10.0. The number of aromatic nitrogens is 4. The monoisotopic (exact) mass is 496 g/mol. The zero-order chi connectivity index (χ0) is 25.6. The van der Waals surface area contributed by atoms with Crippen molar-refractivity contribution in [2.24, 2.45) is 5.92 Å². The van der Waals surface area contributed by atoms with E-state index in [1.54, 1.807) is 6.92 Å². The molecule has 2 aliphatic rings. The summed E-state index contributed by atoms with van der Waals surface area (Å²) in [6.07, 6.45) is -5.69. The second-order valence-electron chi connectivity index (χ2n) is 8.46. The van der Waals surface area contributed by atoms with Gasteiger partial charge >= 0.3 is 5.69 Å². The average molecular weight is 496 g/mol. The van der Waals surface area contributed by atoms with Crippen molar-refractivity contribution in [1.82, 2.24) is 9.13 Å². The third kappa shape index (κ3) is 4.16. The van der Waals surface area contributed by atoms with E-state index in [-0.39, 0.29) is 11.6 Å². The maximum Gasteiger partial charge on any atom is 0.373 e. The second-order valence-corrected chi connectivity index (χ2v) is 8.46. The van der Waals surface area contributed by atoms with Crippen molar-refractivity contribution < 1.29 is 44.1 Å². The van der Waals surface area contributed by atoms with Gasteiger partial charge in [-0.2, -0.15) is 0 Å². The maximum atomic E-state index is 13.2. The fourth-order valence-corrected chi connectivity index (χ4v) is 4.20. The summed E-state index contributed by atoms with van der Waals surface area (Å²) < 4.78 is 14.7. The van der Waals surface area contributed by atoms with Gasteiger partial charge in [-0.05, 0) is 12.3 Å². The first kappa shape index (κ1) is 25.1. The summed E-state index contributed by atoms with van der Waals surface area (Å²) in [5, 5.41) is 49.3. The number of ether oxygens (including phenoxy) is 2. The highest BCUT2D eigenvalue weighted by Crippen LogP contribution is 2.33. The van der Waals surface area contributed by atoms with Crippen LogP contribution in [0.25, 0.3) is 0 Å². The molecule has 2 saturated heterocycles. The van der Waals surface area contributed by atoms with Crippen LogP contribution in [0.15, 0.2) is 34.1 Å². The van der Waals surface area contributed by atoms with E-state index in [1.165, 1.54) is 24.5 Å². The van der Waals surface area contributed by atoms with Crippen molar-refractivity contribution >= 4 is 11.6 Å². The molecule has 9 N–H and O–H groups in total. The van der Waals surface area contributed by atoms with E-state index in [2.05, 4.69) is 6.67 Å². The Hall–Kier alpha value is -3.05. The fraction of sp³-hybridized carbons (Fsp3) is 0.550. The van der Waals surface area contributed by atoms with Crippen molar-refractivity contribution in [3.8, 4) is 0 Å². The van der Waals surface area contributed by atoms with Gasteiger partial charge in [0.15, 0.2) is 24.9 Å². The quantitative estimate of drug-likeness (QED) is 0.187. The third-order valence-electron chi connectivity index (χ3n) is 6.28. The predicted octanol–water partition coefficient (Wildman–Crippen LogP) is -5.36. The van der Waals surface area contributed by atoms with Gasteiger partial charge in [-0.1, -0.05) is 13.0 Å². The van der Waals surface area contributed by atoms with Gasteiger partial charge in [0, 0.05) is 0 Å². The minimum absolute atomic E-state index is 0.106. The van der Waals surface area contributed by atoms with Crippen LogP contribution in [0.2, 0.25) is 0 Å². The first-order valence-electron chi connectivity index (χ1n) is 10.8. The molecule has 8 atom stereocenters. The molecule has 0 radical (unpaired) electrons. The van der Waals surface area contributed by atoms with Gasteiger partial charge in [-0.25, -0.2) is 4.57 Å². The summed E-state index contributed by atoms with van der Waals surface area (Å²) in [7, 11) is 0. The van der Waals surface area contributed by atoms with Crippen molar-refractivity contribution in [2.45, 2.75) is 49.9 Å². The molecule has 0 unspecified atom stereocenters. The van der Waals surface area contributed by atoms with Crippen LogP contribution in [-0.4, -0.2) is 78.4 Å². The molecule has 15 heteroatoms. The lowest BCUT2D eigenvalue weighted by Gasteiger charge is -2.24. The molecule has 0 saturated carbocycles. The van der Waals surface area contributed by atoms with Crippen LogP contribution in [0.3, 0.4) is 0 Å². The van der Waals surface area contributed by atoms with E-state index >= 15 is 0 Å². The Kier molecular flexibility index (Phi) is 6.83. The van der Waals surface area contributed by atoms with E-state index in [4.69, 9.17) is 20.9 Å². The Morgan fingerprint density at radius 3 is 1.77 bits per heavy atom. The number of anilines is 2. The van der Waals surface area contributed by atoms with E-state index in [0.717, 1.165) is 18.3 Å². The van der Waals surface area contributed by atoms with Gasteiger partial charge in [-0.3, -0.25) is 9.36 Å². The zero-order valence-electron chi connectivity index (χ0n) is 18.7. The van der Waals surface area contributed by atoms with Gasteiger partial charge in [0.1, 0.15) is 24.4 Å². The SMILES string of the molecule is C[C@@H]1[C@H](O)[C@@H](CO)O[C@H]1n1ccc(N)[n+]([C-2][n+]2c(N)ccn([C@@H]3O[C@H](CO)[C@@H](O)[C@H]3O)c2=O)c1=O. The number of nitrogen functional groups attached to an aromatic ring is 2. The maximum absolute atomic E-state index is 13.2. The van der Waals surface area contributed by atoms with E-state index in [1.807, 2.05) is 0 Å². The Labute approximate surface area is 198 Å². The average Bonchev–Trinajstić information content (AvgIpc) is 3.28. The van der Waals surface area contributed by atoms with Crippen molar-refractivity contribution in [2.75, 3.05) is 24.7 Å². The Bertz CT molecular complexity index is 1110. The van der Waals surface area contributed by atoms with Crippen LogP contribution in [0.5, 0.6) is 0 Å². The predicted molar refractivity (Wildman–Crippen MR) is 114 cm³/mol. The molecule has 2 aliphatic heterocycles. The number of nitrogens with zero attached hydrogens (tertiary/aromatic N) is 4. The molecule has 192 valence electrons. The van der Waals surface area contributed by atoms with Crippen molar-refractivity contribution in [1.29, 1.82) is 0 Å². The molecule has 0 aromatic carbocycles. The minimum Gasteiger partial charge on any atom is -0.428 e. The van der Waals surface area contributed by atoms with Crippen LogP contribution >= 0.6 is 0 Å². The molecule has 2 aromatic heterocycles. The molecule has 2 aromatic rings. The van der Waals surface area contributed by atoms with Gasteiger partial charge < -0.3 is 60.4 Å². The number of aliphatic hydroxyl groups excluding tert-OH is 5. The minimum atomic E-state index is -1.53. The van der Waals surface area contributed by atoms with Gasteiger partial charge in [0.05, 0.1) is 37.3 Å². The molecule has 0 amide bonds. The number of hydrogen-bond acceptors (Lipinski definition) is 11. The Morgan fingerprint density at radius 2 is 1.31 bits per heavy atom. The number of nitrogens with two attached hydrogens (primary N) is 2. The summed E-state index contributed by atoms with van der Waals surface area (Å²) in [4.78, 5) is 26.4. The van der Waals surface area contributed by atoms with Gasteiger partial charge in [0.25, 0.3) is 5.69 Å². The van der Waals surface area contributed by atoms with E-state index < -0.39 is 73.5 Å². The molecular weight excluding hydrogens is 468 g/mol. The number of hydrogen-bond donors (Lipinski definition) is 7. The molecular formula is C20H28N6O9. The highest BCUT2D eigenvalue weighted by atomic mass is 16.6. The zero-order valence-corrected chi connectivity index (χ0v) is 18.7.